The molecule has 8 heteroatoms. The Labute approximate surface area is 337 Å². The van der Waals surface area contributed by atoms with Gasteiger partial charge in [0.1, 0.15) is 0 Å². The number of rotatable bonds is 8. The maximum absolute atomic E-state index is 10.7. The van der Waals surface area contributed by atoms with E-state index >= 15 is 0 Å². The van der Waals surface area contributed by atoms with E-state index < -0.39 is 5.41 Å². The molecule has 0 atom stereocenters. The molecular formula is C50H36N8. The first kappa shape index (κ1) is 36.0. The Kier molecular flexibility index (Phi) is 9.82. The van der Waals surface area contributed by atoms with Gasteiger partial charge in [0.15, 0.2) is 34.9 Å². The van der Waals surface area contributed by atoms with E-state index in [1.807, 2.05) is 146 Å². The van der Waals surface area contributed by atoms with Gasteiger partial charge in [-0.05, 0) is 60.4 Å². The Hall–Kier alpha value is -7.68. The van der Waals surface area contributed by atoms with Crippen molar-refractivity contribution >= 4 is 0 Å². The highest BCUT2D eigenvalue weighted by Crippen LogP contribution is 2.49. The lowest BCUT2D eigenvalue weighted by molar-refractivity contribution is 0.345. The molecule has 1 aliphatic rings. The van der Waals surface area contributed by atoms with Crippen molar-refractivity contribution in [2.45, 2.75) is 37.5 Å². The van der Waals surface area contributed by atoms with Crippen molar-refractivity contribution in [2.75, 3.05) is 0 Å². The van der Waals surface area contributed by atoms with Crippen LogP contribution in [-0.4, -0.2) is 29.9 Å². The second kappa shape index (κ2) is 15.8. The average molecular weight is 749 g/mol. The molecule has 0 unspecified atom stereocenters. The fourth-order valence-electron chi connectivity index (χ4n) is 8.07. The van der Waals surface area contributed by atoms with Crippen molar-refractivity contribution in [1.82, 2.24) is 29.9 Å². The van der Waals surface area contributed by atoms with Crippen molar-refractivity contribution < 1.29 is 0 Å². The normalized spacial score (nSPS) is 13.3. The molecule has 1 saturated carbocycles. The summed E-state index contributed by atoms with van der Waals surface area (Å²) in [5.74, 6) is 3.25. The largest absolute Gasteiger partial charge is 0.208 e. The van der Waals surface area contributed by atoms with E-state index in [0.717, 1.165) is 76.6 Å². The van der Waals surface area contributed by atoms with Gasteiger partial charge in [0.25, 0.3) is 0 Å². The number of hydrogen-bond acceptors (Lipinski definition) is 8. The third-order valence-corrected chi connectivity index (χ3v) is 10.9. The van der Waals surface area contributed by atoms with Crippen LogP contribution in [0.15, 0.2) is 158 Å². The molecule has 58 heavy (non-hydrogen) atoms. The van der Waals surface area contributed by atoms with Gasteiger partial charge in [-0.15, -0.1) is 0 Å². The minimum Gasteiger partial charge on any atom is -0.208 e. The molecule has 276 valence electrons. The summed E-state index contributed by atoms with van der Waals surface area (Å²) in [5.41, 5.74) is 7.20. The molecule has 0 aliphatic heterocycles. The number of aromatic nitrogens is 6. The molecule has 0 bridgehead atoms. The Bertz CT molecular complexity index is 2520. The molecule has 9 rings (SSSR count). The van der Waals surface area contributed by atoms with Crippen molar-refractivity contribution in [3.05, 3.63) is 180 Å². The molecule has 0 N–H and O–H groups in total. The van der Waals surface area contributed by atoms with Gasteiger partial charge >= 0.3 is 0 Å². The van der Waals surface area contributed by atoms with E-state index in [-0.39, 0.29) is 0 Å². The number of benzene rings is 6. The summed E-state index contributed by atoms with van der Waals surface area (Å²) in [5, 5.41) is 21.4. The van der Waals surface area contributed by atoms with E-state index in [2.05, 4.69) is 24.3 Å². The Balaban J connectivity index is 1.23. The van der Waals surface area contributed by atoms with Crippen molar-refractivity contribution in [1.29, 1.82) is 10.5 Å². The Morgan fingerprint density at radius 3 is 0.931 bits per heavy atom. The highest BCUT2D eigenvalue weighted by atomic mass is 15.0. The van der Waals surface area contributed by atoms with Crippen LogP contribution in [0.5, 0.6) is 0 Å². The van der Waals surface area contributed by atoms with Gasteiger partial charge in [-0.2, -0.15) is 10.5 Å². The predicted molar refractivity (Wildman–Crippen MR) is 226 cm³/mol. The molecule has 6 aromatic carbocycles. The minimum absolute atomic E-state index is 0.505. The van der Waals surface area contributed by atoms with Gasteiger partial charge in [0.2, 0.25) is 0 Å². The first-order valence-electron chi connectivity index (χ1n) is 19.5. The fraction of sp³-hybridized carbons (Fsp3) is 0.120. The monoisotopic (exact) mass is 748 g/mol. The molecular weight excluding hydrogens is 713 g/mol. The highest BCUT2D eigenvalue weighted by molar-refractivity contribution is 5.71. The van der Waals surface area contributed by atoms with Crippen LogP contribution in [-0.2, 0) is 5.41 Å². The topological polar surface area (TPSA) is 125 Å². The maximum atomic E-state index is 10.7. The Morgan fingerprint density at radius 2 is 0.638 bits per heavy atom. The fourth-order valence-corrected chi connectivity index (χ4v) is 8.07. The Morgan fingerprint density at radius 1 is 0.345 bits per heavy atom. The van der Waals surface area contributed by atoms with Gasteiger partial charge in [-0.1, -0.05) is 141 Å². The summed E-state index contributed by atoms with van der Waals surface area (Å²) in [6, 6.07) is 56.3. The van der Waals surface area contributed by atoms with E-state index in [1.165, 1.54) is 0 Å². The zero-order chi connectivity index (χ0) is 39.3. The zero-order valence-electron chi connectivity index (χ0n) is 31.6. The number of nitrogens with zero attached hydrogens (tertiary/aromatic N) is 8. The molecule has 1 fully saturated rings. The van der Waals surface area contributed by atoms with Crippen molar-refractivity contribution in [3.8, 4) is 80.5 Å². The second-order valence-corrected chi connectivity index (χ2v) is 14.5. The summed E-state index contributed by atoms with van der Waals surface area (Å²) in [6.07, 6.45) is 4.45. The molecule has 2 heterocycles. The third-order valence-electron chi connectivity index (χ3n) is 10.9. The molecule has 8 aromatic rings. The SMILES string of the molecule is N#Cc1ccc(-c2nc(-c3ccccc3)nc(-c3ccccc3)n2)cc1C1(c2cc(-c3nc(-c4ccccc4)nc(-c4ccccc4)n3)ccc2C#N)CCCCC1. The molecule has 0 saturated heterocycles. The molecule has 8 nitrogen and oxygen atoms in total. The maximum Gasteiger partial charge on any atom is 0.164 e. The van der Waals surface area contributed by atoms with Crippen LogP contribution < -0.4 is 0 Å². The highest BCUT2D eigenvalue weighted by Gasteiger charge is 2.40. The lowest BCUT2D eigenvalue weighted by Gasteiger charge is -2.40. The second-order valence-electron chi connectivity index (χ2n) is 14.5. The zero-order valence-corrected chi connectivity index (χ0v) is 31.6. The van der Waals surface area contributed by atoms with Crippen LogP contribution in [0, 0.1) is 22.7 Å². The van der Waals surface area contributed by atoms with Gasteiger partial charge < -0.3 is 0 Å². The predicted octanol–water partition coefficient (Wildman–Crippen LogP) is 11.1. The summed E-state index contributed by atoms with van der Waals surface area (Å²) >= 11 is 0. The first-order chi connectivity index (χ1) is 28.6. The van der Waals surface area contributed by atoms with E-state index in [9.17, 15) is 10.5 Å². The standard InChI is InChI=1S/C50H36N8/c51-32-40-26-24-38(48-55-44(34-16-6-1-7-17-34)53-45(56-48)35-18-8-2-9-19-35)30-42(40)50(28-14-5-15-29-50)43-31-39(25-27-41(43)33-52)49-57-46(36-20-10-3-11-21-36)54-47(58-49)37-22-12-4-13-23-37/h1-4,6-13,16-27,30-31H,5,14-15,28-29H2. The lowest BCUT2D eigenvalue weighted by atomic mass is 9.63. The van der Waals surface area contributed by atoms with Gasteiger partial charge in [0, 0.05) is 38.8 Å². The summed E-state index contributed by atoms with van der Waals surface area (Å²) < 4.78 is 0. The van der Waals surface area contributed by atoms with E-state index in [0.29, 0.717) is 46.1 Å². The number of nitriles is 2. The molecule has 2 aromatic heterocycles. The quantitative estimate of drug-likeness (QED) is 0.150. The molecule has 0 spiro atoms. The van der Waals surface area contributed by atoms with Crippen LogP contribution in [0.3, 0.4) is 0 Å². The summed E-state index contributed by atoms with van der Waals surface area (Å²) in [4.78, 5) is 29.8. The van der Waals surface area contributed by atoms with Crippen molar-refractivity contribution in [2.24, 2.45) is 0 Å². The lowest BCUT2D eigenvalue weighted by Crippen LogP contribution is -2.32. The van der Waals surface area contributed by atoms with Crippen LogP contribution in [0.2, 0.25) is 0 Å². The van der Waals surface area contributed by atoms with Gasteiger partial charge in [-0.25, -0.2) is 29.9 Å². The average Bonchev–Trinajstić information content (AvgIpc) is 3.32. The van der Waals surface area contributed by atoms with Crippen LogP contribution in [0.4, 0.5) is 0 Å². The summed E-state index contributed by atoms with van der Waals surface area (Å²) in [6.45, 7) is 0. The molecule has 0 radical (unpaired) electrons. The third kappa shape index (κ3) is 7.00. The van der Waals surface area contributed by atoms with E-state index in [1.54, 1.807) is 0 Å². The molecule has 0 amide bonds. The smallest absolute Gasteiger partial charge is 0.164 e. The van der Waals surface area contributed by atoms with Crippen LogP contribution in [0.25, 0.3) is 68.3 Å². The minimum atomic E-state index is -0.657. The van der Waals surface area contributed by atoms with Crippen molar-refractivity contribution in [3.63, 3.8) is 0 Å². The molecule has 1 aliphatic carbocycles. The first-order valence-corrected chi connectivity index (χ1v) is 19.5. The van der Waals surface area contributed by atoms with Crippen LogP contribution in [0.1, 0.15) is 54.4 Å². The number of hydrogen-bond donors (Lipinski definition) is 0. The van der Waals surface area contributed by atoms with Gasteiger partial charge in [-0.3, -0.25) is 0 Å². The van der Waals surface area contributed by atoms with Crippen LogP contribution >= 0.6 is 0 Å². The van der Waals surface area contributed by atoms with E-state index in [4.69, 9.17) is 29.9 Å². The van der Waals surface area contributed by atoms with Gasteiger partial charge in [0.05, 0.1) is 23.3 Å². The summed E-state index contributed by atoms with van der Waals surface area (Å²) in [7, 11) is 0.